The smallest absolute Gasteiger partial charge is 0.202 e. The van der Waals surface area contributed by atoms with Gasteiger partial charge >= 0.3 is 0 Å². The van der Waals surface area contributed by atoms with Gasteiger partial charge in [-0.1, -0.05) is 0 Å². The molecule has 0 aliphatic heterocycles. The molecule has 0 bridgehead atoms. The maximum Gasteiger partial charge on any atom is 0.202 e. The van der Waals surface area contributed by atoms with Gasteiger partial charge in [-0.3, -0.25) is 0 Å². The van der Waals surface area contributed by atoms with E-state index in [4.69, 9.17) is 4.74 Å². The van der Waals surface area contributed by atoms with Crippen LogP contribution in [-0.2, 0) is 11.3 Å². The van der Waals surface area contributed by atoms with E-state index in [1.165, 1.54) is 0 Å². The Labute approximate surface area is 96.4 Å². The third kappa shape index (κ3) is 3.83. The predicted octanol–water partition coefficient (Wildman–Crippen LogP) is 1.10. The molecule has 1 aromatic heterocycles. The van der Waals surface area contributed by atoms with Crippen LogP contribution >= 0.6 is 0 Å². The molecule has 0 radical (unpaired) electrons. The van der Waals surface area contributed by atoms with E-state index >= 15 is 0 Å². The number of imidazole rings is 1. The molecule has 0 aromatic carbocycles. The van der Waals surface area contributed by atoms with E-state index in [1.54, 1.807) is 20.2 Å². The van der Waals surface area contributed by atoms with Crippen molar-refractivity contribution < 1.29 is 9.84 Å². The van der Waals surface area contributed by atoms with Gasteiger partial charge in [0.25, 0.3) is 0 Å². The monoisotopic (exact) mass is 227 g/mol. The molecule has 0 saturated carbocycles. The lowest BCUT2D eigenvalue weighted by Crippen LogP contribution is -2.35. The molecular formula is C11H21N3O2. The molecule has 1 atom stereocenters. The lowest BCUT2D eigenvalue weighted by Gasteiger charge is -2.23. The van der Waals surface area contributed by atoms with Crippen molar-refractivity contribution in [3.63, 3.8) is 0 Å². The molecule has 1 unspecified atom stereocenters. The van der Waals surface area contributed by atoms with E-state index in [1.807, 2.05) is 10.8 Å². The van der Waals surface area contributed by atoms with Crippen LogP contribution in [0.3, 0.4) is 0 Å². The molecule has 1 aromatic rings. The fourth-order valence-electron chi connectivity index (χ4n) is 1.41. The SMILES string of the molecule is CCn1ccnc1NCC(C)(O)CCOC. The van der Waals surface area contributed by atoms with E-state index in [-0.39, 0.29) is 0 Å². The van der Waals surface area contributed by atoms with E-state index in [0.717, 1.165) is 12.5 Å². The molecule has 1 rings (SSSR count). The number of rotatable bonds is 7. The van der Waals surface area contributed by atoms with Crippen molar-refractivity contribution in [2.45, 2.75) is 32.4 Å². The Kier molecular flexibility index (Phi) is 4.76. The van der Waals surface area contributed by atoms with Crippen molar-refractivity contribution in [2.24, 2.45) is 0 Å². The van der Waals surface area contributed by atoms with Gasteiger partial charge < -0.3 is 19.7 Å². The Morgan fingerprint density at radius 2 is 2.38 bits per heavy atom. The van der Waals surface area contributed by atoms with Crippen molar-refractivity contribution >= 4 is 5.95 Å². The highest BCUT2D eigenvalue weighted by atomic mass is 16.5. The third-order valence-electron chi connectivity index (χ3n) is 2.53. The molecule has 0 aliphatic rings. The third-order valence-corrected chi connectivity index (χ3v) is 2.53. The summed E-state index contributed by atoms with van der Waals surface area (Å²) in [7, 11) is 1.63. The number of nitrogens with zero attached hydrogens (tertiary/aromatic N) is 2. The van der Waals surface area contributed by atoms with Crippen LogP contribution in [0.2, 0.25) is 0 Å². The number of methoxy groups -OCH3 is 1. The Morgan fingerprint density at radius 1 is 1.62 bits per heavy atom. The van der Waals surface area contributed by atoms with Crippen LogP contribution in [0.1, 0.15) is 20.3 Å². The summed E-state index contributed by atoms with van der Waals surface area (Å²) in [6.45, 7) is 5.72. The van der Waals surface area contributed by atoms with Crippen molar-refractivity contribution in [1.82, 2.24) is 9.55 Å². The van der Waals surface area contributed by atoms with Crippen molar-refractivity contribution in [3.8, 4) is 0 Å². The molecule has 5 nitrogen and oxygen atoms in total. The Morgan fingerprint density at radius 3 is 3.00 bits per heavy atom. The van der Waals surface area contributed by atoms with E-state index < -0.39 is 5.60 Å². The summed E-state index contributed by atoms with van der Waals surface area (Å²) >= 11 is 0. The minimum Gasteiger partial charge on any atom is -0.388 e. The van der Waals surface area contributed by atoms with E-state index in [9.17, 15) is 5.11 Å². The van der Waals surface area contributed by atoms with Gasteiger partial charge in [-0.25, -0.2) is 4.98 Å². The molecule has 0 spiro atoms. The molecule has 92 valence electrons. The molecule has 0 amide bonds. The van der Waals surface area contributed by atoms with Gasteiger partial charge in [-0.05, 0) is 13.8 Å². The maximum atomic E-state index is 10.0. The fraction of sp³-hybridized carbons (Fsp3) is 0.727. The lowest BCUT2D eigenvalue weighted by atomic mass is 10.0. The summed E-state index contributed by atoms with van der Waals surface area (Å²) in [5, 5.41) is 13.2. The average Bonchev–Trinajstić information content (AvgIpc) is 2.71. The predicted molar refractivity (Wildman–Crippen MR) is 63.5 cm³/mol. The van der Waals surface area contributed by atoms with Crippen LogP contribution in [-0.4, -0.2) is 40.5 Å². The van der Waals surface area contributed by atoms with Crippen LogP contribution in [0.15, 0.2) is 12.4 Å². The first-order chi connectivity index (χ1) is 7.59. The largest absolute Gasteiger partial charge is 0.388 e. The fourth-order valence-corrected chi connectivity index (χ4v) is 1.41. The summed E-state index contributed by atoms with van der Waals surface area (Å²) in [5.74, 6) is 0.792. The highest BCUT2D eigenvalue weighted by Gasteiger charge is 2.20. The summed E-state index contributed by atoms with van der Waals surface area (Å²) in [4.78, 5) is 4.18. The van der Waals surface area contributed by atoms with Gasteiger partial charge in [0.1, 0.15) is 0 Å². The van der Waals surface area contributed by atoms with Gasteiger partial charge in [0.2, 0.25) is 5.95 Å². The zero-order chi connectivity index (χ0) is 12.0. The number of ether oxygens (including phenoxy) is 1. The van der Waals surface area contributed by atoms with Gasteiger partial charge in [-0.2, -0.15) is 0 Å². The highest BCUT2D eigenvalue weighted by molar-refractivity contribution is 5.26. The Hall–Kier alpha value is -1.07. The number of nitrogens with one attached hydrogen (secondary N) is 1. The summed E-state index contributed by atoms with van der Waals surface area (Å²) in [6, 6.07) is 0. The quantitative estimate of drug-likeness (QED) is 0.732. The molecular weight excluding hydrogens is 206 g/mol. The lowest BCUT2D eigenvalue weighted by molar-refractivity contribution is 0.0356. The van der Waals surface area contributed by atoms with Gasteiger partial charge in [-0.15, -0.1) is 0 Å². The van der Waals surface area contributed by atoms with Crippen molar-refractivity contribution in [3.05, 3.63) is 12.4 Å². The number of hydrogen-bond donors (Lipinski definition) is 2. The number of hydrogen-bond acceptors (Lipinski definition) is 4. The normalized spacial score (nSPS) is 14.8. The van der Waals surface area contributed by atoms with Crippen molar-refractivity contribution in [2.75, 3.05) is 25.6 Å². The van der Waals surface area contributed by atoms with Gasteiger partial charge in [0.05, 0.1) is 5.60 Å². The van der Waals surface area contributed by atoms with Gasteiger partial charge in [0.15, 0.2) is 0 Å². The van der Waals surface area contributed by atoms with Crippen LogP contribution < -0.4 is 5.32 Å². The number of aromatic nitrogens is 2. The van der Waals surface area contributed by atoms with Crippen LogP contribution in [0.5, 0.6) is 0 Å². The molecule has 5 heteroatoms. The molecule has 0 saturated heterocycles. The highest BCUT2D eigenvalue weighted by Crippen LogP contribution is 2.11. The summed E-state index contributed by atoms with van der Waals surface area (Å²) in [6.07, 6.45) is 4.26. The first-order valence-corrected chi connectivity index (χ1v) is 5.55. The number of aryl methyl sites for hydroxylation is 1. The second-order valence-electron chi connectivity index (χ2n) is 4.13. The van der Waals surface area contributed by atoms with Crippen LogP contribution in [0.25, 0.3) is 0 Å². The van der Waals surface area contributed by atoms with E-state index in [2.05, 4.69) is 17.2 Å². The zero-order valence-corrected chi connectivity index (χ0v) is 10.2. The Bertz CT molecular complexity index is 310. The standard InChI is InChI=1S/C11H21N3O2/c1-4-14-7-6-12-10(14)13-9-11(2,15)5-8-16-3/h6-7,15H,4-5,8-9H2,1-3H3,(H,12,13). The minimum absolute atomic E-state index is 0.466. The summed E-state index contributed by atoms with van der Waals surface area (Å²) < 4.78 is 6.94. The van der Waals surface area contributed by atoms with Crippen LogP contribution in [0.4, 0.5) is 5.95 Å². The van der Waals surface area contributed by atoms with Gasteiger partial charge in [0, 0.05) is 45.6 Å². The first kappa shape index (κ1) is 13.0. The molecule has 16 heavy (non-hydrogen) atoms. The first-order valence-electron chi connectivity index (χ1n) is 5.55. The zero-order valence-electron chi connectivity index (χ0n) is 10.2. The van der Waals surface area contributed by atoms with Crippen LogP contribution in [0, 0.1) is 0 Å². The Balaban J connectivity index is 2.44. The number of aliphatic hydroxyl groups is 1. The van der Waals surface area contributed by atoms with Crippen molar-refractivity contribution in [1.29, 1.82) is 0 Å². The second-order valence-corrected chi connectivity index (χ2v) is 4.13. The average molecular weight is 227 g/mol. The second kappa shape index (κ2) is 5.86. The summed E-state index contributed by atoms with van der Waals surface area (Å²) in [5.41, 5.74) is -0.777. The molecule has 2 N–H and O–H groups in total. The molecule has 0 fully saturated rings. The minimum atomic E-state index is -0.777. The maximum absolute atomic E-state index is 10.0. The number of anilines is 1. The van der Waals surface area contributed by atoms with E-state index in [0.29, 0.717) is 19.6 Å². The topological polar surface area (TPSA) is 59.3 Å². The molecule has 0 aliphatic carbocycles. The molecule has 1 heterocycles.